The zero-order valence-electron chi connectivity index (χ0n) is 10.3. The molecule has 1 unspecified atom stereocenters. The van der Waals surface area contributed by atoms with Gasteiger partial charge >= 0.3 is 6.18 Å². The molecule has 0 amide bonds. The minimum absolute atomic E-state index is 0.181. The summed E-state index contributed by atoms with van der Waals surface area (Å²) in [6.45, 7) is 1.37. The van der Waals surface area contributed by atoms with Crippen molar-refractivity contribution in [2.75, 3.05) is 18.0 Å². The summed E-state index contributed by atoms with van der Waals surface area (Å²) in [4.78, 5) is 9.16. The van der Waals surface area contributed by atoms with Gasteiger partial charge in [0.05, 0.1) is 0 Å². The summed E-state index contributed by atoms with van der Waals surface area (Å²) in [5.74, 6) is 1.08. The lowest BCUT2D eigenvalue weighted by molar-refractivity contribution is -0.141. The highest BCUT2D eigenvalue weighted by molar-refractivity contribution is 5.41. The fraction of sp³-hybridized carbons (Fsp3) is 0.667. The minimum Gasteiger partial charge on any atom is -0.356 e. The summed E-state index contributed by atoms with van der Waals surface area (Å²) in [6.07, 6.45) is -1.34. The van der Waals surface area contributed by atoms with E-state index < -0.39 is 11.9 Å². The zero-order chi connectivity index (χ0) is 13.6. The summed E-state index contributed by atoms with van der Waals surface area (Å²) < 4.78 is 37.9. The largest absolute Gasteiger partial charge is 0.433 e. The first-order valence-electron chi connectivity index (χ1n) is 6.35. The molecule has 1 saturated heterocycles. The van der Waals surface area contributed by atoms with Gasteiger partial charge in [-0.3, -0.25) is 0 Å². The van der Waals surface area contributed by atoms with Crippen molar-refractivity contribution in [1.82, 2.24) is 9.97 Å². The topological polar surface area (TPSA) is 55.0 Å². The average molecular weight is 272 g/mol. The van der Waals surface area contributed by atoms with Crippen molar-refractivity contribution >= 4 is 5.82 Å². The van der Waals surface area contributed by atoms with Crippen molar-refractivity contribution in [3.63, 3.8) is 0 Å². The molecule has 4 nitrogen and oxygen atoms in total. The fourth-order valence-corrected chi connectivity index (χ4v) is 3.13. The molecule has 0 spiro atoms. The van der Waals surface area contributed by atoms with Crippen LogP contribution < -0.4 is 10.6 Å². The highest BCUT2D eigenvalue weighted by Gasteiger charge is 2.41. The van der Waals surface area contributed by atoms with Crippen LogP contribution in [0.3, 0.4) is 0 Å². The number of nitrogens with two attached hydrogens (primary N) is 1. The summed E-state index contributed by atoms with van der Waals surface area (Å²) in [7, 11) is 0. The molecule has 7 heteroatoms. The molecule has 1 saturated carbocycles. The van der Waals surface area contributed by atoms with E-state index in [9.17, 15) is 13.2 Å². The molecule has 104 valence electrons. The van der Waals surface area contributed by atoms with Crippen LogP contribution in [0.5, 0.6) is 0 Å². The van der Waals surface area contributed by atoms with Crippen LogP contribution in [0.4, 0.5) is 19.0 Å². The van der Waals surface area contributed by atoms with Gasteiger partial charge in [0.15, 0.2) is 0 Å². The van der Waals surface area contributed by atoms with Crippen molar-refractivity contribution in [2.45, 2.75) is 25.1 Å². The zero-order valence-corrected chi connectivity index (χ0v) is 10.3. The maximum absolute atomic E-state index is 12.6. The van der Waals surface area contributed by atoms with E-state index in [1.807, 2.05) is 4.90 Å². The van der Waals surface area contributed by atoms with E-state index in [-0.39, 0.29) is 6.04 Å². The smallest absolute Gasteiger partial charge is 0.356 e. The number of halogens is 3. The highest BCUT2D eigenvalue weighted by Crippen LogP contribution is 2.37. The van der Waals surface area contributed by atoms with Gasteiger partial charge in [-0.2, -0.15) is 13.2 Å². The van der Waals surface area contributed by atoms with Crippen LogP contribution in [0.1, 0.15) is 18.5 Å². The van der Waals surface area contributed by atoms with Crippen molar-refractivity contribution in [2.24, 2.45) is 17.6 Å². The number of anilines is 1. The van der Waals surface area contributed by atoms with E-state index in [4.69, 9.17) is 5.73 Å². The lowest BCUT2D eigenvalue weighted by Gasteiger charge is -2.36. The Balaban J connectivity index is 1.84. The average Bonchev–Trinajstić information content (AvgIpc) is 2.61. The van der Waals surface area contributed by atoms with Crippen molar-refractivity contribution in [3.8, 4) is 0 Å². The summed E-state index contributed by atoms with van der Waals surface area (Å²) in [6, 6.07) is 1.20. The molecule has 1 aliphatic carbocycles. The second-order valence-electron chi connectivity index (χ2n) is 5.34. The summed E-state index contributed by atoms with van der Waals surface area (Å²) in [5, 5.41) is 0. The quantitative estimate of drug-likeness (QED) is 0.845. The van der Waals surface area contributed by atoms with E-state index in [0.29, 0.717) is 30.7 Å². The van der Waals surface area contributed by atoms with Crippen LogP contribution in [0.25, 0.3) is 0 Å². The molecule has 1 aromatic heterocycles. The van der Waals surface area contributed by atoms with Crippen LogP contribution in [0.15, 0.2) is 12.4 Å². The molecule has 1 aliphatic heterocycles. The van der Waals surface area contributed by atoms with Crippen molar-refractivity contribution in [3.05, 3.63) is 18.1 Å². The van der Waals surface area contributed by atoms with Gasteiger partial charge in [-0.05, 0) is 24.7 Å². The predicted molar refractivity (Wildman–Crippen MR) is 63.4 cm³/mol. The molecule has 0 radical (unpaired) electrons. The molecular weight excluding hydrogens is 257 g/mol. The van der Waals surface area contributed by atoms with Gasteiger partial charge in [-0.1, -0.05) is 0 Å². The maximum atomic E-state index is 12.6. The normalized spacial score (nSPS) is 30.7. The van der Waals surface area contributed by atoms with Crippen LogP contribution in [-0.4, -0.2) is 29.1 Å². The SMILES string of the molecule is NC1[C@@H]2CC[C@H]1CN(c1cc(C(F)(F)F)ncn1)C2. The third-order valence-electron chi connectivity index (χ3n) is 4.17. The Morgan fingerprint density at radius 2 is 1.79 bits per heavy atom. The van der Waals surface area contributed by atoms with Crippen LogP contribution in [-0.2, 0) is 6.18 Å². The predicted octanol–water partition coefficient (Wildman–Crippen LogP) is 1.67. The molecule has 0 aromatic carbocycles. The number of alkyl halides is 3. The van der Waals surface area contributed by atoms with Gasteiger partial charge in [0.25, 0.3) is 0 Å². The highest BCUT2D eigenvalue weighted by atomic mass is 19.4. The molecule has 19 heavy (non-hydrogen) atoms. The molecule has 3 rings (SSSR count). The van der Waals surface area contributed by atoms with Gasteiger partial charge in [0, 0.05) is 25.2 Å². The van der Waals surface area contributed by atoms with Gasteiger partial charge in [-0.25, -0.2) is 9.97 Å². The molecule has 3 atom stereocenters. The number of nitrogens with zero attached hydrogens (tertiary/aromatic N) is 3. The summed E-state index contributed by atoms with van der Waals surface area (Å²) >= 11 is 0. The summed E-state index contributed by atoms with van der Waals surface area (Å²) in [5.41, 5.74) is 5.20. The Kier molecular flexibility index (Phi) is 2.88. The third-order valence-corrected chi connectivity index (χ3v) is 4.17. The number of hydrogen-bond acceptors (Lipinski definition) is 4. The second-order valence-corrected chi connectivity index (χ2v) is 5.34. The Morgan fingerprint density at radius 3 is 2.37 bits per heavy atom. The van der Waals surface area contributed by atoms with Gasteiger partial charge in [-0.15, -0.1) is 0 Å². The van der Waals surface area contributed by atoms with E-state index >= 15 is 0 Å². The van der Waals surface area contributed by atoms with Crippen LogP contribution >= 0.6 is 0 Å². The Hall–Kier alpha value is -1.37. The van der Waals surface area contributed by atoms with Crippen LogP contribution in [0.2, 0.25) is 0 Å². The first kappa shape index (κ1) is 12.7. The van der Waals surface area contributed by atoms with Crippen molar-refractivity contribution < 1.29 is 13.2 Å². The molecular formula is C12H15F3N4. The number of hydrogen-bond donors (Lipinski definition) is 1. The molecule has 2 bridgehead atoms. The monoisotopic (exact) mass is 272 g/mol. The first-order valence-corrected chi connectivity index (χ1v) is 6.35. The first-order chi connectivity index (χ1) is 8.95. The number of piperidine rings is 1. The fourth-order valence-electron chi connectivity index (χ4n) is 3.13. The van der Waals surface area contributed by atoms with E-state index in [1.54, 1.807) is 0 Å². The molecule has 1 aromatic rings. The van der Waals surface area contributed by atoms with Crippen LogP contribution in [0, 0.1) is 11.8 Å². The minimum atomic E-state index is -4.43. The van der Waals surface area contributed by atoms with Gasteiger partial charge < -0.3 is 10.6 Å². The molecule has 2 heterocycles. The lowest BCUT2D eigenvalue weighted by Crippen LogP contribution is -2.49. The van der Waals surface area contributed by atoms with E-state index in [2.05, 4.69) is 9.97 Å². The number of rotatable bonds is 1. The molecule has 2 aliphatic rings. The number of fused-ring (bicyclic) bond motifs is 2. The Bertz CT molecular complexity index is 462. The van der Waals surface area contributed by atoms with E-state index in [0.717, 1.165) is 25.2 Å². The van der Waals surface area contributed by atoms with Gasteiger partial charge in [0.1, 0.15) is 17.8 Å². The van der Waals surface area contributed by atoms with E-state index in [1.165, 1.54) is 0 Å². The third kappa shape index (κ3) is 2.27. The number of aromatic nitrogens is 2. The van der Waals surface area contributed by atoms with Crippen molar-refractivity contribution in [1.29, 1.82) is 0 Å². The Labute approximate surface area is 108 Å². The maximum Gasteiger partial charge on any atom is 0.433 e. The lowest BCUT2D eigenvalue weighted by atomic mass is 9.93. The second kappa shape index (κ2) is 4.33. The molecule has 2 fully saturated rings. The van der Waals surface area contributed by atoms with Gasteiger partial charge in [0.2, 0.25) is 0 Å². The molecule has 2 N–H and O–H groups in total. The Morgan fingerprint density at radius 1 is 1.16 bits per heavy atom. The standard InChI is InChI=1S/C12H15F3N4/c13-12(14,15)9-3-10(18-6-17-9)19-4-7-1-2-8(5-19)11(7)16/h3,6-8,11H,1-2,4-5,16H2/t7-,8+,11?.